The molecule has 2 aliphatic heterocycles. The van der Waals surface area contributed by atoms with Crippen molar-refractivity contribution in [3.05, 3.63) is 100 Å². The van der Waals surface area contributed by atoms with Gasteiger partial charge in [0.1, 0.15) is 23.7 Å². The van der Waals surface area contributed by atoms with Crippen LogP contribution in [-0.2, 0) is 38.6 Å². The molecule has 24 heteroatoms. The van der Waals surface area contributed by atoms with Gasteiger partial charge in [-0.25, -0.2) is 24.1 Å². The number of likely N-dealkylation sites (tertiary alicyclic amines) is 1. The second-order valence-electron chi connectivity index (χ2n) is 31.4. The number of aliphatic hydroxyl groups excluding tert-OH is 1. The van der Waals surface area contributed by atoms with Crippen LogP contribution in [0.3, 0.4) is 0 Å². The average Bonchev–Trinajstić information content (AvgIpc) is 1.44. The Labute approximate surface area is 587 Å². The summed E-state index contributed by atoms with van der Waals surface area (Å²) in [5.41, 5.74) is 6.97. The maximum absolute atomic E-state index is 14.8. The Morgan fingerprint density at radius 1 is 0.879 bits per heavy atom. The molecule has 7 heterocycles. The Kier molecular flexibility index (Phi) is 19.6. The third-order valence-electron chi connectivity index (χ3n) is 21.7. The van der Waals surface area contributed by atoms with E-state index in [-0.39, 0.29) is 59.9 Å². The maximum Gasteiger partial charge on any atom is 0.355 e. The van der Waals surface area contributed by atoms with Gasteiger partial charge in [0.15, 0.2) is 28.1 Å². The van der Waals surface area contributed by atoms with Crippen LogP contribution in [0, 0.1) is 42.4 Å². The normalized spacial score (nSPS) is 24.0. The minimum Gasteiger partial charge on any atom is -0.493 e. The number of fused-ring (bicyclic) bond motifs is 2. The number of anilines is 4. The monoisotopic (exact) mass is 1390 g/mol. The van der Waals surface area contributed by atoms with Crippen molar-refractivity contribution in [2.45, 2.75) is 207 Å². The number of nitrogens with zero attached hydrogens (tertiary/aromatic N) is 10. The van der Waals surface area contributed by atoms with E-state index in [0.717, 1.165) is 163 Å². The summed E-state index contributed by atoms with van der Waals surface area (Å²) in [4.78, 5) is 74.8. The van der Waals surface area contributed by atoms with Gasteiger partial charge < -0.3 is 50.3 Å². The number of ether oxygens (including phenoxy) is 2. The van der Waals surface area contributed by atoms with Crippen LogP contribution in [0.2, 0.25) is 0 Å². The summed E-state index contributed by atoms with van der Waals surface area (Å²) in [5, 5.41) is 45.6. The predicted octanol–water partition coefficient (Wildman–Crippen LogP) is 13.0. The van der Waals surface area contributed by atoms with Gasteiger partial charge >= 0.3 is 5.97 Å². The number of alkyl halides is 1. The van der Waals surface area contributed by atoms with Gasteiger partial charge in [-0.15, -0.1) is 21.5 Å². The number of hydrogen-bond acceptors (Lipinski definition) is 18. The van der Waals surface area contributed by atoms with Gasteiger partial charge in [-0.05, 0) is 169 Å². The SMILES string of the molecule is Cc1ncsc1-c1ccc(CNC(=O)[C@@H]2C[C@@H](O)CN2C(=O)[C@@H](NC(=O)C2(F)CC2)C(C)(C)C)c(OCCCCCCCCN(C)CCOC23CC4(C)CC(C)(CC(Cn5ncc(-c6ccc(N7CCCc8c7nnc(Nc7nc9ccccc9s7)c8C)nc6C(=O)O)c5C)(C4)C2)C3)c1. The number of nitrogens with one attached hydrogen (secondary N) is 3. The number of thiazole rings is 2. The van der Waals surface area contributed by atoms with E-state index in [2.05, 4.69) is 69.5 Å². The van der Waals surface area contributed by atoms with Crippen molar-refractivity contribution in [1.29, 1.82) is 0 Å². The molecule has 99 heavy (non-hydrogen) atoms. The maximum atomic E-state index is 14.8. The van der Waals surface area contributed by atoms with Crippen molar-refractivity contribution in [3.63, 3.8) is 0 Å². The molecule has 5 saturated carbocycles. The molecule has 1 saturated heterocycles. The van der Waals surface area contributed by atoms with E-state index in [9.17, 15) is 33.8 Å². The number of benzene rings is 2. The lowest BCUT2D eigenvalue weighted by Crippen LogP contribution is -2.64. The summed E-state index contributed by atoms with van der Waals surface area (Å²) < 4.78 is 31.7. The number of aromatic carboxylic acids is 1. The standard InChI is InChI=1S/C75H96FN13O8S2/c1-46-52-19-18-29-87(64(52)85-84-63(46)83-69-80-55-20-14-15-21-58(55)99-69)59-25-24-53(60(81-59)67(93)94)54-36-79-89(48(54)3)44-73-39-71(7)38-72(8,40-73)42-74(41-71,43-73)97-32-30-86(9)28-16-12-10-11-13-17-31-96-57-33-49(61-47(2)78-45-98-61)22-23-50(57)35-77-65(91)56-34-51(90)37-88(56)66(92)62(70(4,5)6)82-68(95)75(76)26-27-75/h14-15,20-25,33,36,45,51,56,62,90H,10-13,16-19,26-32,34-35,37-44H2,1-9H3,(H,77,91)(H,82,95)(H,93,94)(H,80,83,84)/t51-,56+,62-,71?,72?,73?,74?/m1/s1. The van der Waals surface area contributed by atoms with E-state index < -0.39 is 53.0 Å². The van der Waals surface area contributed by atoms with Gasteiger partial charge in [0.05, 0.1) is 57.4 Å². The predicted molar refractivity (Wildman–Crippen MR) is 383 cm³/mol. The molecule has 0 radical (unpaired) electrons. The quantitative estimate of drug-likeness (QED) is 0.0286. The lowest BCUT2D eigenvalue weighted by molar-refractivity contribution is -0.248. The zero-order valence-electron chi connectivity index (χ0n) is 58.8. The third-order valence-corrected chi connectivity index (χ3v) is 23.7. The average molecular weight is 1390 g/mol. The van der Waals surface area contributed by atoms with Crippen LogP contribution < -0.4 is 25.6 Å². The first-order valence-electron chi connectivity index (χ1n) is 35.5. The molecule has 5 aromatic heterocycles. The molecule has 2 aromatic carbocycles. The van der Waals surface area contributed by atoms with Crippen LogP contribution in [0.4, 0.5) is 27.0 Å². The van der Waals surface area contributed by atoms with Crippen LogP contribution in [-0.4, -0.2) is 155 Å². The smallest absolute Gasteiger partial charge is 0.355 e. The van der Waals surface area contributed by atoms with Crippen molar-refractivity contribution in [1.82, 2.24) is 55.4 Å². The first kappa shape index (κ1) is 69.9. The van der Waals surface area contributed by atoms with E-state index in [1.165, 1.54) is 11.3 Å². The molecule has 5 aliphatic carbocycles. The number of para-hydroxylation sites is 1. The van der Waals surface area contributed by atoms with Crippen LogP contribution in [0.25, 0.3) is 31.8 Å². The fourth-order valence-electron chi connectivity index (χ4n) is 17.7. The van der Waals surface area contributed by atoms with E-state index >= 15 is 0 Å². The minimum atomic E-state index is -1.97. The Balaban J connectivity index is 0.571. The number of aryl methyl sites for hydroxylation is 1. The highest BCUT2D eigenvalue weighted by molar-refractivity contribution is 7.22. The molecule has 7 aromatic rings. The third kappa shape index (κ3) is 15.0. The molecule has 5 atom stereocenters. The number of carboxylic acid groups (broad SMARTS) is 1. The lowest BCUT2D eigenvalue weighted by Gasteiger charge is -2.69. The molecule has 3 amide bonds. The molecule has 7 aliphatic rings. The largest absolute Gasteiger partial charge is 0.493 e. The second kappa shape index (κ2) is 27.8. The highest BCUT2D eigenvalue weighted by Gasteiger charge is 2.66. The number of carboxylic acids is 1. The molecule has 6 fully saturated rings. The molecule has 0 spiro atoms. The van der Waals surface area contributed by atoms with Gasteiger partial charge in [-0.2, -0.15) is 5.10 Å². The van der Waals surface area contributed by atoms with E-state index in [1.54, 1.807) is 43.4 Å². The number of aliphatic hydroxyl groups is 1. The van der Waals surface area contributed by atoms with Crippen molar-refractivity contribution in [3.8, 4) is 27.3 Å². The molecule has 5 N–H and O–H groups in total. The molecule has 14 rings (SSSR count). The molecule has 4 bridgehead atoms. The Morgan fingerprint density at radius 2 is 1.64 bits per heavy atom. The number of unbranched alkanes of at least 4 members (excludes halogenated alkanes) is 5. The first-order chi connectivity index (χ1) is 47.2. The summed E-state index contributed by atoms with van der Waals surface area (Å²) >= 11 is 3.12. The number of carbonyl (C=O) groups is 4. The number of aromatic nitrogens is 7. The van der Waals surface area contributed by atoms with Gasteiger partial charge in [0.25, 0.3) is 5.91 Å². The van der Waals surface area contributed by atoms with Crippen molar-refractivity contribution >= 4 is 79.2 Å². The summed E-state index contributed by atoms with van der Waals surface area (Å²) in [6, 6.07) is 15.7. The van der Waals surface area contributed by atoms with E-state index in [0.29, 0.717) is 48.5 Å². The minimum absolute atomic E-state index is 0.0167. The highest BCUT2D eigenvalue weighted by atomic mass is 32.1. The summed E-state index contributed by atoms with van der Waals surface area (Å²) in [5.74, 6) is -0.371. The van der Waals surface area contributed by atoms with Crippen LogP contribution in [0.1, 0.15) is 176 Å². The van der Waals surface area contributed by atoms with Crippen molar-refractivity contribution in [2.24, 2.45) is 21.7 Å². The fourth-order valence-corrected chi connectivity index (χ4v) is 19.4. The molecule has 2 unspecified atom stereocenters. The van der Waals surface area contributed by atoms with Gasteiger partial charge in [-0.3, -0.25) is 19.1 Å². The van der Waals surface area contributed by atoms with Crippen molar-refractivity contribution < 1.29 is 43.3 Å². The molecule has 528 valence electrons. The highest BCUT2D eigenvalue weighted by Crippen LogP contribution is 2.72. The topological polar surface area (TPSA) is 255 Å². The number of carbonyl (C=O) groups excluding carboxylic acids is 3. The summed E-state index contributed by atoms with van der Waals surface area (Å²) in [6.07, 6.45) is 15.6. The Morgan fingerprint density at radius 3 is 2.36 bits per heavy atom. The Bertz CT molecular complexity index is 4130. The molecular formula is C75H96FN13O8S2. The van der Waals surface area contributed by atoms with Gasteiger partial charge in [-0.1, -0.05) is 95.9 Å². The Hall–Kier alpha value is -7.51. The fraction of sp³-hybridized carbons (Fsp3) is 0.573. The van der Waals surface area contributed by atoms with E-state index in [1.807, 2.05) is 79.0 Å². The lowest BCUT2D eigenvalue weighted by atomic mass is 9.39. The second-order valence-corrected chi connectivity index (χ2v) is 33.3. The number of likely N-dealkylation sites (N-methyl/N-ethyl adjacent to an activating group) is 1. The zero-order valence-corrected chi connectivity index (χ0v) is 60.4. The van der Waals surface area contributed by atoms with Crippen LogP contribution >= 0.6 is 22.7 Å². The van der Waals surface area contributed by atoms with E-state index in [4.69, 9.17) is 29.6 Å². The first-order valence-corrected chi connectivity index (χ1v) is 37.2. The number of rotatable bonds is 28. The number of amides is 3. The number of β-amino-alcohol motifs (C(OH)–C–C–N with tert-alkyl or cyclic N) is 1. The number of halogens is 1. The van der Waals surface area contributed by atoms with Crippen molar-refractivity contribution in [2.75, 3.05) is 56.7 Å². The van der Waals surface area contributed by atoms with Crippen LogP contribution in [0.5, 0.6) is 5.75 Å². The van der Waals surface area contributed by atoms with Crippen LogP contribution in [0.15, 0.2) is 66.3 Å². The van der Waals surface area contributed by atoms with Gasteiger partial charge in [0.2, 0.25) is 11.8 Å². The summed E-state index contributed by atoms with van der Waals surface area (Å²) in [7, 11) is 2.20. The zero-order chi connectivity index (χ0) is 69.8. The molecule has 21 nitrogen and oxygen atoms in total. The molecular weight excluding hydrogens is 1290 g/mol. The van der Waals surface area contributed by atoms with Gasteiger partial charge in [0, 0.05) is 72.7 Å². The summed E-state index contributed by atoms with van der Waals surface area (Å²) in [6.45, 7) is 20.8. The number of hydrogen-bond donors (Lipinski definition) is 5. The number of pyridine rings is 1.